The van der Waals surface area contributed by atoms with Gasteiger partial charge in [-0.15, -0.1) is 0 Å². The van der Waals surface area contributed by atoms with Gasteiger partial charge >= 0.3 is 0 Å². The van der Waals surface area contributed by atoms with E-state index in [4.69, 9.17) is 4.74 Å². The van der Waals surface area contributed by atoms with Crippen LogP contribution in [0.25, 0.3) is 0 Å². The van der Waals surface area contributed by atoms with E-state index in [1.807, 2.05) is 52.8 Å². The Bertz CT molecular complexity index is 580. The van der Waals surface area contributed by atoms with Crippen molar-refractivity contribution in [1.82, 2.24) is 4.98 Å². The number of hydrogen-bond acceptors (Lipinski definition) is 2. The predicted octanol–water partition coefficient (Wildman–Crippen LogP) is 7.35. The Hall–Kier alpha value is -1.90. The molecule has 0 aliphatic carbocycles. The Balaban J connectivity index is 0. The van der Waals surface area contributed by atoms with Gasteiger partial charge in [0.25, 0.3) is 0 Å². The third-order valence-electron chi connectivity index (χ3n) is 4.19. The molecule has 2 aromatic rings. The van der Waals surface area contributed by atoms with Crippen molar-refractivity contribution in [1.29, 1.82) is 0 Å². The Morgan fingerprint density at radius 3 is 1.96 bits per heavy atom. The molecule has 0 unspecified atom stereocenters. The molecule has 0 aliphatic heterocycles. The van der Waals surface area contributed by atoms with Crippen LogP contribution in [-0.4, -0.2) is 12.1 Å². The molecule has 0 saturated carbocycles. The molecule has 0 spiro atoms. The zero-order valence-corrected chi connectivity index (χ0v) is 18.2. The molecule has 0 radical (unpaired) electrons. The Labute approximate surface area is 160 Å². The first kappa shape index (κ1) is 26.3. The van der Waals surface area contributed by atoms with Crippen molar-refractivity contribution in [2.24, 2.45) is 0 Å². The summed E-state index contributed by atoms with van der Waals surface area (Å²) in [6, 6.07) is 10.7. The number of pyridine rings is 1. The molecule has 1 aromatic carbocycles. The van der Waals surface area contributed by atoms with Crippen LogP contribution in [-0.2, 0) is 5.41 Å². The molecule has 0 atom stereocenters. The molecule has 0 N–H and O–H groups in total. The van der Waals surface area contributed by atoms with Gasteiger partial charge in [0.2, 0.25) is 0 Å². The van der Waals surface area contributed by atoms with E-state index in [0.717, 1.165) is 29.8 Å². The summed E-state index contributed by atoms with van der Waals surface area (Å²) in [5, 5.41) is 0. The number of rotatable bonds is 4. The fraction of sp³-hybridized carbons (Fsp3) is 0.522. The number of aryl methyl sites for hydroxylation is 1. The highest BCUT2D eigenvalue weighted by atomic mass is 19.1. The van der Waals surface area contributed by atoms with E-state index < -0.39 is 0 Å². The number of hydrogen-bond donors (Lipinski definition) is 0. The van der Waals surface area contributed by atoms with Gasteiger partial charge in [-0.3, -0.25) is 4.98 Å². The molecule has 0 fully saturated rings. The van der Waals surface area contributed by atoms with Crippen molar-refractivity contribution >= 4 is 0 Å². The maximum atomic E-state index is 13.0. The van der Waals surface area contributed by atoms with E-state index >= 15 is 0 Å². The number of methoxy groups -OCH3 is 1. The molecule has 2 rings (SSSR count). The lowest BCUT2D eigenvalue weighted by molar-refractivity contribution is 0.414. The van der Waals surface area contributed by atoms with Crippen LogP contribution in [0.15, 0.2) is 42.6 Å². The van der Waals surface area contributed by atoms with E-state index in [2.05, 4.69) is 25.8 Å². The fourth-order valence-corrected chi connectivity index (χ4v) is 2.17. The first-order valence-corrected chi connectivity index (χ1v) is 9.68. The number of benzene rings is 1. The third-order valence-corrected chi connectivity index (χ3v) is 4.19. The van der Waals surface area contributed by atoms with Crippen LogP contribution < -0.4 is 4.74 Å². The largest absolute Gasteiger partial charge is 0.497 e. The molecular formula is C23H38FNO. The summed E-state index contributed by atoms with van der Waals surface area (Å²) in [6.07, 6.45) is 3.83. The van der Waals surface area contributed by atoms with Crippen molar-refractivity contribution in [2.75, 3.05) is 7.11 Å². The van der Waals surface area contributed by atoms with Crippen molar-refractivity contribution in [2.45, 2.75) is 73.6 Å². The first-order chi connectivity index (χ1) is 12.4. The zero-order valence-electron chi connectivity index (χ0n) is 18.2. The maximum absolute atomic E-state index is 13.0. The van der Waals surface area contributed by atoms with E-state index in [1.54, 1.807) is 25.4 Å². The lowest BCUT2D eigenvalue weighted by Crippen LogP contribution is -2.19. The van der Waals surface area contributed by atoms with Gasteiger partial charge in [0.1, 0.15) is 11.6 Å². The van der Waals surface area contributed by atoms with E-state index in [-0.39, 0.29) is 11.2 Å². The lowest BCUT2D eigenvalue weighted by atomic mass is 9.78. The van der Waals surface area contributed by atoms with Crippen LogP contribution in [0.3, 0.4) is 0 Å². The van der Waals surface area contributed by atoms with E-state index in [9.17, 15) is 4.39 Å². The van der Waals surface area contributed by atoms with Gasteiger partial charge < -0.3 is 4.74 Å². The molecule has 1 heterocycles. The SMILES string of the molecule is CC.CC.CCC(C)(CC)c1cccc(F)c1.COc1ccnc(C)c1. The second-order valence-corrected chi connectivity index (χ2v) is 5.62. The highest BCUT2D eigenvalue weighted by molar-refractivity contribution is 5.25. The Morgan fingerprint density at radius 2 is 1.58 bits per heavy atom. The van der Waals surface area contributed by atoms with Gasteiger partial charge in [0.15, 0.2) is 0 Å². The van der Waals surface area contributed by atoms with Gasteiger partial charge in [-0.2, -0.15) is 0 Å². The maximum Gasteiger partial charge on any atom is 0.123 e. The molecule has 148 valence electrons. The predicted molar refractivity (Wildman–Crippen MR) is 113 cm³/mol. The second-order valence-electron chi connectivity index (χ2n) is 5.62. The van der Waals surface area contributed by atoms with Crippen molar-refractivity contribution < 1.29 is 9.13 Å². The second kappa shape index (κ2) is 15.4. The van der Waals surface area contributed by atoms with Crippen LogP contribution in [0.2, 0.25) is 0 Å². The molecule has 0 aliphatic rings. The van der Waals surface area contributed by atoms with Gasteiger partial charge in [-0.1, -0.05) is 60.6 Å². The summed E-state index contributed by atoms with van der Waals surface area (Å²) in [7, 11) is 1.65. The van der Waals surface area contributed by atoms with Crippen LogP contribution in [0.4, 0.5) is 4.39 Å². The summed E-state index contributed by atoms with van der Waals surface area (Å²) < 4.78 is 17.9. The van der Waals surface area contributed by atoms with Crippen LogP contribution in [0.1, 0.15) is 72.6 Å². The van der Waals surface area contributed by atoms with Gasteiger partial charge in [-0.25, -0.2) is 4.39 Å². The van der Waals surface area contributed by atoms with E-state index in [0.29, 0.717) is 0 Å². The number of nitrogens with zero attached hydrogens (tertiary/aromatic N) is 1. The summed E-state index contributed by atoms with van der Waals surface area (Å²) in [6.45, 7) is 16.4. The molecule has 0 amide bonds. The Kier molecular flexibility index (Phi) is 15.6. The molecule has 2 nitrogen and oxygen atoms in total. The highest BCUT2D eigenvalue weighted by Gasteiger charge is 2.22. The summed E-state index contributed by atoms with van der Waals surface area (Å²) >= 11 is 0. The van der Waals surface area contributed by atoms with Gasteiger partial charge in [0, 0.05) is 18.0 Å². The average Bonchev–Trinajstić information content (AvgIpc) is 2.71. The minimum Gasteiger partial charge on any atom is -0.497 e. The van der Waals surface area contributed by atoms with Crippen LogP contribution in [0.5, 0.6) is 5.75 Å². The van der Waals surface area contributed by atoms with Gasteiger partial charge in [0.05, 0.1) is 7.11 Å². The van der Waals surface area contributed by atoms with Crippen molar-refractivity contribution in [3.05, 3.63) is 59.7 Å². The minimum absolute atomic E-state index is 0.127. The Morgan fingerprint density at radius 1 is 1.00 bits per heavy atom. The normalized spacial score (nSPS) is 9.46. The summed E-state index contributed by atoms with van der Waals surface area (Å²) in [5.41, 5.74) is 2.22. The molecule has 3 heteroatoms. The fourth-order valence-electron chi connectivity index (χ4n) is 2.17. The molecule has 0 bridgehead atoms. The van der Waals surface area contributed by atoms with Crippen molar-refractivity contribution in [3.8, 4) is 5.75 Å². The standard InChI is InChI=1S/C12H17F.C7H9NO.2C2H6/c1-4-12(3,5-2)10-7-6-8-11(13)9-10;1-6-5-7(9-2)3-4-8-6;2*1-2/h6-9H,4-5H2,1-3H3;3-5H,1-2H3;2*1-2H3. The topological polar surface area (TPSA) is 22.1 Å². The molecule has 0 saturated heterocycles. The first-order valence-electron chi connectivity index (χ1n) is 9.68. The minimum atomic E-state index is -0.134. The summed E-state index contributed by atoms with van der Waals surface area (Å²) in [5.74, 6) is 0.730. The molecular weight excluding hydrogens is 325 g/mol. The number of halogens is 1. The highest BCUT2D eigenvalue weighted by Crippen LogP contribution is 2.30. The third kappa shape index (κ3) is 9.55. The average molecular weight is 364 g/mol. The number of aromatic nitrogens is 1. The molecule has 26 heavy (non-hydrogen) atoms. The quantitative estimate of drug-likeness (QED) is 0.566. The summed E-state index contributed by atoms with van der Waals surface area (Å²) in [4.78, 5) is 4.01. The number of ether oxygens (including phenoxy) is 1. The lowest BCUT2D eigenvalue weighted by Gasteiger charge is -2.27. The smallest absolute Gasteiger partial charge is 0.123 e. The zero-order chi connectivity index (χ0) is 20.6. The monoisotopic (exact) mass is 363 g/mol. The molecule has 1 aromatic heterocycles. The van der Waals surface area contributed by atoms with Gasteiger partial charge in [-0.05, 0) is 48.9 Å². The van der Waals surface area contributed by atoms with Crippen LogP contribution in [0, 0.1) is 12.7 Å². The van der Waals surface area contributed by atoms with E-state index in [1.165, 1.54) is 6.07 Å². The van der Waals surface area contributed by atoms with Crippen molar-refractivity contribution in [3.63, 3.8) is 0 Å². The van der Waals surface area contributed by atoms with Crippen LogP contribution >= 0.6 is 0 Å².